The number of amides is 1. The second kappa shape index (κ2) is 8.49. The zero-order valence-electron chi connectivity index (χ0n) is 17.1. The highest BCUT2D eigenvalue weighted by molar-refractivity contribution is 7.99. The van der Waals surface area contributed by atoms with E-state index in [1.54, 1.807) is 23.7 Å². The molecule has 0 atom stereocenters. The minimum atomic E-state index is -3.59. The Balaban J connectivity index is 1.54. The summed E-state index contributed by atoms with van der Waals surface area (Å²) < 4.78 is 33.1. The van der Waals surface area contributed by atoms with Gasteiger partial charge in [0.15, 0.2) is 0 Å². The van der Waals surface area contributed by atoms with Gasteiger partial charge in [0, 0.05) is 61.8 Å². The lowest BCUT2D eigenvalue weighted by molar-refractivity contribution is 0.0780. The molecule has 30 heavy (non-hydrogen) atoms. The maximum atomic E-state index is 13.0. The van der Waals surface area contributed by atoms with Crippen LogP contribution in [0.3, 0.4) is 0 Å². The second-order valence-electron chi connectivity index (χ2n) is 7.28. The number of nitrogens with zero attached hydrogens (tertiary/aromatic N) is 2. The van der Waals surface area contributed by atoms with E-state index in [9.17, 15) is 13.2 Å². The SMILES string of the molecule is CCc1oc2ccccc2c1CN(C)C(=O)c1cc(S(=O)(=O)N2CCSCC2)c[nH]1. The van der Waals surface area contributed by atoms with Crippen LogP contribution in [0.4, 0.5) is 0 Å². The summed E-state index contributed by atoms with van der Waals surface area (Å²) in [5.41, 5.74) is 2.04. The number of rotatable bonds is 6. The van der Waals surface area contributed by atoms with E-state index in [1.165, 1.54) is 16.6 Å². The number of sulfonamides is 1. The fraction of sp³-hybridized carbons (Fsp3) is 0.381. The summed E-state index contributed by atoms with van der Waals surface area (Å²) in [5.74, 6) is 2.17. The van der Waals surface area contributed by atoms with Crippen LogP contribution in [0.15, 0.2) is 45.8 Å². The lowest BCUT2D eigenvalue weighted by atomic mass is 10.1. The number of para-hydroxylation sites is 1. The first-order valence-corrected chi connectivity index (χ1v) is 12.5. The number of thioether (sulfide) groups is 1. The largest absolute Gasteiger partial charge is 0.461 e. The van der Waals surface area contributed by atoms with Crippen LogP contribution in [0, 0.1) is 0 Å². The molecule has 1 aliphatic heterocycles. The highest BCUT2D eigenvalue weighted by Crippen LogP contribution is 2.28. The molecule has 160 valence electrons. The van der Waals surface area contributed by atoms with E-state index in [4.69, 9.17) is 4.42 Å². The van der Waals surface area contributed by atoms with Crippen molar-refractivity contribution in [2.45, 2.75) is 24.8 Å². The van der Waals surface area contributed by atoms with Crippen molar-refractivity contribution < 1.29 is 17.6 Å². The van der Waals surface area contributed by atoms with Crippen LogP contribution in [-0.2, 0) is 23.0 Å². The first-order valence-electron chi connectivity index (χ1n) is 9.93. The molecule has 0 spiro atoms. The van der Waals surface area contributed by atoms with Crippen LogP contribution in [0.25, 0.3) is 11.0 Å². The van der Waals surface area contributed by atoms with Crippen molar-refractivity contribution in [1.82, 2.24) is 14.2 Å². The molecule has 2 aromatic heterocycles. The quantitative estimate of drug-likeness (QED) is 0.626. The van der Waals surface area contributed by atoms with E-state index in [2.05, 4.69) is 4.98 Å². The van der Waals surface area contributed by atoms with Crippen LogP contribution >= 0.6 is 11.8 Å². The fourth-order valence-electron chi connectivity index (χ4n) is 3.71. The molecule has 0 radical (unpaired) electrons. The number of H-pyrrole nitrogens is 1. The Kier molecular flexibility index (Phi) is 5.95. The lowest BCUT2D eigenvalue weighted by Crippen LogP contribution is -2.37. The first kappa shape index (κ1) is 21.0. The van der Waals surface area contributed by atoms with Crippen LogP contribution < -0.4 is 0 Å². The van der Waals surface area contributed by atoms with E-state index < -0.39 is 10.0 Å². The van der Waals surface area contributed by atoms with E-state index in [0.717, 1.165) is 40.2 Å². The van der Waals surface area contributed by atoms with Gasteiger partial charge in [0.1, 0.15) is 21.9 Å². The fourth-order valence-corrected chi connectivity index (χ4v) is 6.28. The number of nitrogens with one attached hydrogen (secondary N) is 1. The molecule has 1 saturated heterocycles. The summed E-state index contributed by atoms with van der Waals surface area (Å²) >= 11 is 1.75. The van der Waals surface area contributed by atoms with E-state index in [-0.39, 0.29) is 16.5 Å². The molecule has 1 aromatic carbocycles. The standard InChI is InChI=1S/C21H25N3O4S2/c1-3-19-17(16-6-4-5-7-20(16)28-19)14-23(2)21(25)18-12-15(13-22-18)30(26,27)24-8-10-29-11-9-24/h4-7,12-13,22H,3,8-11,14H2,1-2H3. The van der Waals surface area contributed by atoms with Crippen LogP contribution in [0.1, 0.15) is 28.7 Å². The number of benzene rings is 1. The second-order valence-corrected chi connectivity index (χ2v) is 10.4. The van der Waals surface area contributed by atoms with Gasteiger partial charge in [0.25, 0.3) is 5.91 Å². The minimum absolute atomic E-state index is 0.133. The predicted molar refractivity (Wildman–Crippen MR) is 118 cm³/mol. The van der Waals surface area contributed by atoms with Gasteiger partial charge in [-0.25, -0.2) is 8.42 Å². The van der Waals surface area contributed by atoms with Crippen LogP contribution in [-0.4, -0.2) is 60.2 Å². The number of aromatic amines is 1. The molecule has 3 aromatic rings. The van der Waals surface area contributed by atoms with Crippen molar-refractivity contribution in [2.75, 3.05) is 31.6 Å². The molecule has 1 aliphatic rings. The molecule has 0 unspecified atom stereocenters. The van der Waals surface area contributed by atoms with Gasteiger partial charge in [-0.15, -0.1) is 0 Å². The Morgan fingerprint density at radius 3 is 2.73 bits per heavy atom. The molecule has 0 bridgehead atoms. The Morgan fingerprint density at radius 1 is 1.27 bits per heavy atom. The number of carbonyl (C=O) groups excluding carboxylic acids is 1. The summed E-state index contributed by atoms with van der Waals surface area (Å²) in [4.78, 5) is 17.5. The zero-order chi connectivity index (χ0) is 21.3. The molecule has 9 heteroatoms. The van der Waals surface area contributed by atoms with Gasteiger partial charge in [-0.05, 0) is 12.1 Å². The normalized spacial score (nSPS) is 15.5. The number of hydrogen-bond donors (Lipinski definition) is 1. The van der Waals surface area contributed by atoms with E-state index in [1.807, 2.05) is 31.2 Å². The third-order valence-corrected chi connectivity index (χ3v) is 8.16. The van der Waals surface area contributed by atoms with Gasteiger partial charge in [-0.1, -0.05) is 25.1 Å². The van der Waals surface area contributed by atoms with Crippen LogP contribution in [0.2, 0.25) is 0 Å². The number of aryl methyl sites for hydroxylation is 1. The van der Waals surface area contributed by atoms with Crippen molar-refractivity contribution in [3.8, 4) is 0 Å². The van der Waals surface area contributed by atoms with Gasteiger partial charge in [-0.2, -0.15) is 16.1 Å². The molecular weight excluding hydrogens is 422 g/mol. The van der Waals surface area contributed by atoms with Gasteiger partial charge < -0.3 is 14.3 Å². The molecule has 1 fully saturated rings. The summed E-state index contributed by atoms with van der Waals surface area (Å²) in [7, 11) is -1.88. The Labute approximate surface area is 180 Å². The van der Waals surface area contributed by atoms with E-state index in [0.29, 0.717) is 19.6 Å². The topological polar surface area (TPSA) is 86.6 Å². The number of hydrogen-bond acceptors (Lipinski definition) is 5. The van der Waals surface area contributed by atoms with E-state index >= 15 is 0 Å². The smallest absolute Gasteiger partial charge is 0.270 e. The molecule has 1 amide bonds. The monoisotopic (exact) mass is 447 g/mol. The predicted octanol–water partition coefficient (Wildman–Crippen LogP) is 3.33. The van der Waals surface area contributed by atoms with Crippen molar-refractivity contribution in [3.05, 3.63) is 53.5 Å². The third-order valence-electron chi connectivity index (χ3n) is 5.34. The molecule has 0 saturated carbocycles. The summed E-state index contributed by atoms with van der Waals surface area (Å²) in [6.45, 7) is 3.39. The third kappa shape index (κ3) is 3.89. The highest BCUT2D eigenvalue weighted by Gasteiger charge is 2.28. The van der Waals surface area contributed by atoms with Crippen molar-refractivity contribution >= 4 is 38.7 Å². The van der Waals surface area contributed by atoms with Gasteiger partial charge in [0.05, 0.1) is 0 Å². The van der Waals surface area contributed by atoms with Crippen LogP contribution in [0.5, 0.6) is 0 Å². The molecule has 7 nitrogen and oxygen atoms in total. The number of aromatic nitrogens is 1. The van der Waals surface area contributed by atoms with Gasteiger partial charge in [0.2, 0.25) is 10.0 Å². The number of carbonyl (C=O) groups is 1. The van der Waals surface area contributed by atoms with Crippen molar-refractivity contribution in [1.29, 1.82) is 0 Å². The number of fused-ring (bicyclic) bond motifs is 1. The highest BCUT2D eigenvalue weighted by atomic mass is 32.2. The minimum Gasteiger partial charge on any atom is -0.461 e. The van der Waals surface area contributed by atoms with Crippen molar-refractivity contribution in [3.63, 3.8) is 0 Å². The Hall–Kier alpha value is -2.23. The number of furan rings is 1. The molecule has 0 aliphatic carbocycles. The zero-order valence-corrected chi connectivity index (χ0v) is 18.7. The molecule has 4 rings (SSSR count). The van der Waals surface area contributed by atoms with Gasteiger partial charge >= 0.3 is 0 Å². The molecular formula is C21H25N3O4S2. The Morgan fingerprint density at radius 2 is 2.00 bits per heavy atom. The maximum Gasteiger partial charge on any atom is 0.270 e. The summed E-state index contributed by atoms with van der Waals surface area (Å²) in [5, 5.41) is 0.992. The molecule has 1 N–H and O–H groups in total. The summed E-state index contributed by atoms with van der Waals surface area (Å²) in [6, 6.07) is 9.21. The molecule has 3 heterocycles. The average molecular weight is 448 g/mol. The first-order chi connectivity index (χ1) is 14.4. The Bertz CT molecular complexity index is 1160. The summed E-state index contributed by atoms with van der Waals surface area (Å²) in [6.07, 6.45) is 2.13. The maximum absolute atomic E-state index is 13.0. The lowest BCUT2D eigenvalue weighted by Gasteiger charge is -2.24. The van der Waals surface area contributed by atoms with Crippen molar-refractivity contribution in [2.24, 2.45) is 0 Å². The van der Waals surface area contributed by atoms with Gasteiger partial charge in [-0.3, -0.25) is 4.79 Å². The average Bonchev–Trinajstić information content (AvgIpc) is 3.40.